The molecule has 3 aromatic rings. The Labute approximate surface area is 176 Å². The number of rotatable bonds is 8. The monoisotopic (exact) mass is 396 g/mol. The second kappa shape index (κ2) is 9.89. The summed E-state index contributed by atoms with van der Waals surface area (Å²) >= 11 is 0. The molecule has 0 spiro atoms. The van der Waals surface area contributed by atoms with Crippen molar-refractivity contribution in [3.63, 3.8) is 0 Å². The van der Waals surface area contributed by atoms with Gasteiger partial charge in [0.15, 0.2) is 0 Å². The van der Waals surface area contributed by atoms with E-state index >= 15 is 0 Å². The van der Waals surface area contributed by atoms with E-state index in [2.05, 4.69) is 23.2 Å². The number of benzene rings is 2. The Hall–Kier alpha value is -4.12. The molecular formula is C25H24N4O. The van der Waals surface area contributed by atoms with Crippen molar-refractivity contribution in [2.45, 2.75) is 6.61 Å². The predicted molar refractivity (Wildman–Crippen MR) is 125 cm³/mol. The zero-order valence-corrected chi connectivity index (χ0v) is 16.7. The van der Waals surface area contributed by atoms with E-state index < -0.39 is 0 Å². The maximum absolute atomic E-state index is 5.85. The first kappa shape index (κ1) is 20.6. The van der Waals surface area contributed by atoms with Crippen molar-refractivity contribution in [2.75, 3.05) is 0 Å². The molecule has 0 aliphatic carbocycles. The second-order valence-corrected chi connectivity index (χ2v) is 6.52. The number of hydrogen-bond acceptors (Lipinski definition) is 4. The lowest BCUT2D eigenvalue weighted by Gasteiger charge is -2.08. The molecule has 5 nitrogen and oxygen atoms in total. The number of ether oxygens (including phenoxy) is 1. The zero-order valence-electron chi connectivity index (χ0n) is 16.7. The lowest BCUT2D eigenvalue weighted by Crippen LogP contribution is -2.15. The summed E-state index contributed by atoms with van der Waals surface area (Å²) in [5, 5.41) is 3.53. The van der Waals surface area contributed by atoms with Crippen molar-refractivity contribution < 1.29 is 4.74 Å². The van der Waals surface area contributed by atoms with Crippen LogP contribution in [0.15, 0.2) is 78.9 Å². The van der Waals surface area contributed by atoms with Gasteiger partial charge in [0.1, 0.15) is 18.2 Å². The van der Waals surface area contributed by atoms with Gasteiger partial charge in [0, 0.05) is 5.56 Å². The van der Waals surface area contributed by atoms with Gasteiger partial charge < -0.3 is 16.3 Å². The third-order valence-electron chi connectivity index (χ3n) is 4.48. The first-order valence-corrected chi connectivity index (χ1v) is 9.42. The maximum Gasteiger partial charge on any atom is 0.150 e. The standard InChI is InChI=1S/C25H24N4O/c1-3-20-12-13-22(28-24(20)4-2)17-30-23-14-10-18(11-15-23)8-9-19-6-5-7-21(16-19)25(26)29-27/h3-16H,1-2,17,27H2,(H2,26,29)/b9-8+. The minimum absolute atomic E-state index is 0.306. The first-order chi connectivity index (χ1) is 14.6. The van der Waals surface area contributed by atoms with Crippen LogP contribution in [0.1, 0.15) is 33.6 Å². The number of nitrogens with two attached hydrogens (primary N) is 2. The SMILES string of the molecule is C=Cc1ccc(COc2ccc(/C=C/c3cccc(/C(N)=N/N)c3)cc2)nc1C=C. The molecule has 0 aliphatic heterocycles. The average Bonchev–Trinajstić information content (AvgIpc) is 2.81. The minimum Gasteiger partial charge on any atom is -0.487 e. The Morgan fingerprint density at radius 1 is 0.967 bits per heavy atom. The van der Waals surface area contributed by atoms with Gasteiger partial charge in [-0.2, -0.15) is 5.10 Å². The fraction of sp³-hybridized carbons (Fsp3) is 0.0400. The van der Waals surface area contributed by atoms with Crippen molar-refractivity contribution in [2.24, 2.45) is 16.7 Å². The van der Waals surface area contributed by atoms with Crippen molar-refractivity contribution in [3.8, 4) is 5.75 Å². The molecule has 1 heterocycles. The summed E-state index contributed by atoms with van der Waals surface area (Å²) in [6.07, 6.45) is 7.50. The third kappa shape index (κ3) is 5.23. The number of nitrogens with zero attached hydrogens (tertiary/aromatic N) is 2. The van der Waals surface area contributed by atoms with E-state index in [4.69, 9.17) is 16.3 Å². The van der Waals surface area contributed by atoms with Gasteiger partial charge in [-0.25, -0.2) is 4.98 Å². The van der Waals surface area contributed by atoms with E-state index in [9.17, 15) is 0 Å². The molecule has 0 aliphatic rings. The highest BCUT2D eigenvalue weighted by Crippen LogP contribution is 2.17. The van der Waals surface area contributed by atoms with Gasteiger partial charge in [-0.15, -0.1) is 0 Å². The van der Waals surface area contributed by atoms with Gasteiger partial charge in [-0.1, -0.05) is 67.8 Å². The number of pyridine rings is 1. The molecule has 0 bridgehead atoms. The predicted octanol–water partition coefficient (Wildman–Crippen LogP) is 4.70. The van der Waals surface area contributed by atoms with Crippen LogP contribution in [-0.4, -0.2) is 10.8 Å². The molecule has 0 radical (unpaired) electrons. The molecule has 150 valence electrons. The summed E-state index contributed by atoms with van der Waals surface area (Å²) in [5.41, 5.74) is 11.2. The lowest BCUT2D eigenvalue weighted by molar-refractivity contribution is 0.301. The topological polar surface area (TPSA) is 86.5 Å². The normalized spacial score (nSPS) is 11.4. The minimum atomic E-state index is 0.306. The second-order valence-electron chi connectivity index (χ2n) is 6.52. The maximum atomic E-state index is 5.85. The molecule has 0 unspecified atom stereocenters. The molecule has 30 heavy (non-hydrogen) atoms. The van der Waals surface area contributed by atoms with Gasteiger partial charge in [-0.05, 0) is 47.0 Å². The molecule has 0 saturated heterocycles. The van der Waals surface area contributed by atoms with Gasteiger partial charge in [-0.3, -0.25) is 0 Å². The Balaban J connectivity index is 1.63. The fourth-order valence-electron chi connectivity index (χ4n) is 2.85. The van der Waals surface area contributed by atoms with E-state index in [1.807, 2.05) is 72.8 Å². The van der Waals surface area contributed by atoms with Crippen LogP contribution in [0.4, 0.5) is 0 Å². The van der Waals surface area contributed by atoms with E-state index in [-0.39, 0.29) is 0 Å². The fourth-order valence-corrected chi connectivity index (χ4v) is 2.85. The molecule has 0 saturated carbocycles. The average molecular weight is 396 g/mol. The largest absolute Gasteiger partial charge is 0.487 e. The molecule has 2 aromatic carbocycles. The van der Waals surface area contributed by atoms with Crippen LogP contribution in [0, 0.1) is 0 Å². The van der Waals surface area contributed by atoms with Crippen molar-refractivity contribution in [3.05, 3.63) is 107 Å². The molecule has 0 atom stereocenters. The summed E-state index contributed by atoms with van der Waals surface area (Å²) in [5.74, 6) is 6.32. The van der Waals surface area contributed by atoms with E-state index in [0.29, 0.717) is 12.4 Å². The summed E-state index contributed by atoms with van der Waals surface area (Å²) in [6, 6.07) is 19.4. The smallest absolute Gasteiger partial charge is 0.150 e. The van der Waals surface area contributed by atoms with E-state index in [1.165, 1.54) is 0 Å². The van der Waals surface area contributed by atoms with Gasteiger partial charge >= 0.3 is 0 Å². The molecule has 1 aromatic heterocycles. The summed E-state index contributed by atoms with van der Waals surface area (Å²) < 4.78 is 5.85. The van der Waals surface area contributed by atoms with Gasteiger partial charge in [0.2, 0.25) is 0 Å². The number of hydrazone groups is 1. The Bertz CT molecular complexity index is 1100. The highest BCUT2D eigenvalue weighted by Gasteiger charge is 2.02. The van der Waals surface area contributed by atoms with Crippen LogP contribution in [-0.2, 0) is 6.61 Å². The van der Waals surface area contributed by atoms with E-state index in [1.54, 1.807) is 12.2 Å². The molecule has 4 N–H and O–H groups in total. The Kier molecular flexibility index (Phi) is 6.79. The summed E-state index contributed by atoms with van der Waals surface area (Å²) in [6.45, 7) is 7.95. The Morgan fingerprint density at radius 3 is 2.43 bits per heavy atom. The number of amidine groups is 1. The lowest BCUT2D eigenvalue weighted by atomic mass is 10.1. The van der Waals surface area contributed by atoms with Gasteiger partial charge in [0.25, 0.3) is 0 Å². The number of aromatic nitrogens is 1. The molecular weight excluding hydrogens is 372 g/mol. The van der Waals surface area contributed by atoms with Crippen molar-refractivity contribution in [1.82, 2.24) is 4.98 Å². The molecule has 0 fully saturated rings. The Morgan fingerprint density at radius 2 is 1.73 bits per heavy atom. The van der Waals surface area contributed by atoms with Crippen LogP contribution in [0.2, 0.25) is 0 Å². The van der Waals surface area contributed by atoms with Crippen LogP contribution in [0.3, 0.4) is 0 Å². The van der Waals surface area contributed by atoms with Crippen molar-refractivity contribution >= 4 is 30.1 Å². The first-order valence-electron chi connectivity index (χ1n) is 9.42. The summed E-state index contributed by atoms with van der Waals surface area (Å²) in [4.78, 5) is 4.53. The van der Waals surface area contributed by atoms with Crippen LogP contribution in [0.25, 0.3) is 24.3 Å². The highest BCUT2D eigenvalue weighted by atomic mass is 16.5. The van der Waals surface area contributed by atoms with Crippen LogP contribution in [0.5, 0.6) is 5.75 Å². The third-order valence-corrected chi connectivity index (χ3v) is 4.48. The molecule has 5 heteroatoms. The molecule has 3 rings (SSSR count). The van der Waals surface area contributed by atoms with Crippen LogP contribution >= 0.6 is 0 Å². The highest BCUT2D eigenvalue weighted by molar-refractivity contribution is 5.97. The quantitative estimate of drug-likeness (QED) is 0.190. The molecule has 0 amide bonds. The summed E-state index contributed by atoms with van der Waals surface area (Å²) in [7, 11) is 0. The van der Waals surface area contributed by atoms with Crippen LogP contribution < -0.4 is 16.3 Å². The zero-order chi connectivity index (χ0) is 21.3. The number of hydrogen-bond donors (Lipinski definition) is 2. The van der Waals surface area contributed by atoms with Crippen molar-refractivity contribution in [1.29, 1.82) is 0 Å². The van der Waals surface area contributed by atoms with Gasteiger partial charge in [0.05, 0.1) is 11.4 Å². The van der Waals surface area contributed by atoms with E-state index in [0.717, 1.165) is 39.4 Å².